The second kappa shape index (κ2) is 6.68. The highest BCUT2D eigenvalue weighted by Gasteiger charge is 2.23. The number of aromatic amines is 1. The van der Waals surface area contributed by atoms with Crippen LogP contribution in [-0.4, -0.2) is 30.9 Å². The van der Waals surface area contributed by atoms with Crippen LogP contribution in [0.5, 0.6) is 11.5 Å². The second-order valence-corrected chi connectivity index (χ2v) is 5.52. The van der Waals surface area contributed by atoms with Gasteiger partial charge in [0.05, 0.1) is 25.5 Å². The van der Waals surface area contributed by atoms with Crippen molar-refractivity contribution in [1.29, 1.82) is 0 Å². The third-order valence-electron chi connectivity index (χ3n) is 3.98. The maximum atomic E-state index is 12.7. The van der Waals surface area contributed by atoms with E-state index in [9.17, 15) is 9.59 Å². The second-order valence-electron chi connectivity index (χ2n) is 5.52. The van der Waals surface area contributed by atoms with Gasteiger partial charge in [-0.05, 0) is 25.1 Å². The number of carbonyl (C=O) groups is 2. The third-order valence-corrected chi connectivity index (χ3v) is 3.98. The van der Waals surface area contributed by atoms with Gasteiger partial charge in [-0.25, -0.2) is 0 Å². The number of methoxy groups -OCH3 is 2. The molecule has 0 saturated carbocycles. The van der Waals surface area contributed by atoms with Gasteiger partial charge in [-0.2, -0.15) is 0 Å². The Morgan fingerprint density at radius 3 is 2.52 bits per heavy atom. The van der Waals surface area contributed by atoms with E-state index in [1.54, 1.807) is 25.1 Å². The van der Waals surface area contributed by atoms with E-state index in [1.807, 2.05) is 24.3 Å². The van der Waals surface area contributed by atoms with Crippen molar-refractivity contribution in [3.63, 3.8) is 0 Å². The van der Waals surface area contributed by atoms with Crippen LogP contribution in [0.25, 0.3) is 10.9 Å². The van der Waals surface area contributed by atoms with Crippen molar-refractivity contribution < 1.29 is 19.1 Å². The minimum Gasteiger partial charge on any atom is -0.497 e. The molecule has 6 nitrogen and oxygen atoms in total. The quantitative estimate of drug-likeness (QED) is 0.552. The number of H-pyrrole nitrogens is 1. The van der Waals surface area contributed by atoms with Gasteiger partial charge in [-0.3, -0.25) is 9.59 Å². The van der Waals surface area contributed by atoms with E-state index >= 15 is 0 Å². The highest BCUT2D eigenvalue weighted by atomic mass is 16.5. The first kappa shape index (κ1) is 16.6. The molecule has 25 heavy (non-hydrogen) atoms. The monoisotopic (exact) mass is 338 g/mol. The molecule has 1 heterocycles. The topological polar surface area (TPSA) is 80.4 Å². The summed E-state index contributed by atoms with van der Waals surface area (Å²) in [5, 5.41) is 3.33. The summed E-state index contributed by atoms with van der Waals surface area (Å²) >= 11 is 0. The first-order chi connectivity index (χ1) is 12.0. The van der Waals surface area contributed by atoms with E-state index in [4.69, 9.17) is 9.47 Å². The van der Waals surface area contributed by atoms with Crippen molar-refractivity contribution in [1.82, 2.24) is 4.98 Å². The Labute approximate surface area is 144 Å². The van der Waals surface area contributed by atoms with Crippen molar-refractivity contribution in [2.75, 3.05) is 19.5 Å². The lowest BCUT2D eigenvalue weighted by atomic mass is 10.1. The molecule has 6 heteroatoms. The predicted molar refractivity (Wildman–Crippen MR) is 95.5 cm³/mol. The van der Waals surface area contributed by atoms with Crippen LogP contribution in [-0.2, 0) is 4.79 Å². The van der Waals surface area contributed by atoms with Gasteiger partial charge in [0, 0.05) is 22.7 Å². The lowest BCUT2D eigenvalue weighted by molar-refractivity contribution is -0.112. The van der Waals surface area contributed by atoms with E-state index in [2.05, 4.69) is 10.3 Å². The number of hydrogen-bond acceptors (Lipinski definition) is 4. The van der Waals surface area contributed by atoms with Crippen molar-refractivity contribution >= 4 is 28.3 Å². The summed E-state index contributed by atoms with van der Waals surface area (Å²) in [6.45, 7) is 1.77. The summed E-state index contributed by atoms with van der Waals surface area (Å²) in [4.78, 5) is 28.3. The average Bonchev–Trinajstić information content (AvgIpc) is 2.96. The maximum Gasteiger partial charge on any atom is 0.296 e. The van der Waals surface area contributed by atoms with Crippen LogP contribution in [0.1, 0.15) is 16.1 Å². The lowest BCUT2D eigenvalue weighted by Crippen LogP contribution is -2.23. The minimum atomic E-state index is -0.726. The van der Waals surface area contributed by atoms with Gasteiger partial charge in [0.2, 0.25) is 0 Å². The number of ketones is 1. The predicted octanol–water partition coefficient (Wildman–Crippen LogP) is 3.31. The van der Waals surface area contributed by atoms with E-state index in [0.29, 0.717) is 28.4 Å². The molecule has 0 atom stereocenters. The summed E-state index contributed by atoms with van der Waals surface area (Å²) < 4.78 is 10.4. The Balaban J connectivity index is 1.91. The molecule has 0 aliphatic carbocycles. The number of amides is 1. The molecule has 3 rings (SSSR count). The molecule has 128 valence electrons. The molecule has 0 radical (unpaired) electrons. The number of rotatable bonds is 5. The molecule has 0 aliphatic rings. The number of aromatic nitrogens is 1. The normalized spacial score (nSPS) is 10.5. The van der Waals surface area contributed by atoms with Crippen LogP contribution in [0, 0.1) is 6.92 Å². The van der Waals surface area contributed by atoms with Gasteiger partial charge in [0.1, 0.15) is 11.5 Å². The molecule has 0 saturated heterocycles. The summed E-state index contributed by atoms with van der Waals surface area (Å²) in [5.74, 6) is -0.325. The van der Waals surface area contributed by atoms with Crippen LogP contribution < -0.4 is 14.8 Å². The Morgan fingerprint density at radius 1 is 1.04 bits per heavy atom. The van der Waals surface area contributed by atoms with Gasteiger partial charge in [-0.1, -0.05) is 18.2 Å². The third kappa shape index (κ3) is 3.06. The number of Topliss-reactive ketones (excluding diaryl/α,β-unsaturated/α-hetero) is 1. The summed E-state index contributed by atoms with van der Waals surface area (Å²) in [7, 11) is 3.02. The van der Waals surface area contributed by atoms with E-state index in [1.165, 1.54) is 14.2 Å². The number of fused-ring (bicyclic) bond motifs is 1. The summed E-state index contributed by atoms with van der Waals surface area (Å²) in [6, 6.07) is 12.3. The Bertz CT molecular complexity index is 959. The van der Waals surface area contributed by atoms with E-state index in [0.717, 1.165) is 10.9 Å². The molecule has 1 aromatic heterocycles. The van der Waals surface area contributed by atoms with Crippen LogP contribution in [0.4, 0.5) is 5.69 Å². The Kier molecular flexibility index (Phi) is 4.43. The fourth-order valence-corrected chi connectivity index (χ4v) is 2.76. The molecular formula is C19H18N2O4. The molecule has 3 aromatic rings. The van der Waals surface area contributed by atoms with Gasteiger partial charge in [0.25, 0.3) is 11.7 Å². The van der Waals surface area contributed by atoms with Crippen molar-refractivity contribution in [2.24, 2.45) is 0 Å². The highest BCUT2D eigenvalue weighted by Crippen LogP contribution is 2.29. The zero-order valence-electron chi connectivity index (χ0n) is 14.2. The number of aryl methyl sites for hydroxylation is 1. The summed E-state index contributed by atoms with van der Waals surface area (Å²) in [5.41, 5.74) is 2.25. The molecule has 0 bridgehead atoms. The molecule has 2 aromatic carbocycles. The fourth-order valence-electron chi connectivity index (χ4n) is 2.76. The first-order valence-electron chi connectivity index (χ1n) is 7.70. The zero-order chi connectivity index (χ0) is 18.0. The average molecular weight is 338 g/mol. The molecular weight excluding hydrogens is 320 g/mol. The number of para-hydroxylation sites is 1. The first-order valence-corrected chi connectivity index (χ1v) is 7.70. The molecule has 2 N–H and O–H groups in total. The number of anilines is 1. The van der Waals surface area contributed by atoms with E-state index < -0.39 is 11.7 Å². The van der Waals surface area contributed by atoms with Crippen molar-refractivity contribution in [3.8, 4) is 11.5 Å². The maximum absolute atomic E-state index is 12.7. The smallest absolute Gasteiger partial charge is 0.296 e. The largest absolute Gasteiger partial charge is 0.497 e. The number of hydrogen-bond donors (Lipinski definition) is 2. The SMILES string of the molecule is COc1ccc(NC(=O)C(=O)c2c(C)[nH]c3ccccc23)c(OC)c1. The van der Waals surface area contributed by atoms with Crippen molar-refractivity contribution in [2.45, 2.75) is 6.92 Å². The zero-order valence-corrected chi connectivity index (χ0v) is 14.2. The molecule has 0 spiro atoms. The fraction of sp³-hybridized carbons (Fsp3) is 0.158. The molecule has 0 fully saturated rings. The van der Waals surface area contributed by atoms with Gasteiger partial charge < -0.3 is 19.8 Å². The van der Waals surface area contributed by atoms with Crippen LogP contribution >= 0.6 is 0 Å². The molecule has 0 aliphatic heterocycles. The van der Waals surface area contributed by atoms with Crippen LogP contribution in [0.15, 0.2) is 42.5 Å². The van der Waals surface area contributed by atoms with Crippen molar-refractivity contribution in [3.05, 3.63) is 53.7 Å². The van der Waals surface area contributed by atoms with Gasteiger partial charge >= 0.3 is 0 Å². The van der Waals surface area contributed by atoms with Crippen LogP contribution in [0.3, 0.4) is 0 Å². The van der Waals surface area contributed by atoms with Crippen LogP contribution in [0.2, 0.25) is 0 Å². The highest BCUT2D eigenvalue weighted by molar-refractivity contribution is 6.48. The Hall–Kier alpha value is -3.28. The number of benzene rings is 2. The number of nitrogens with one attached hydrogen (secondary N) is 2. The molecule has 1 amide bonds. The number of carbonyl (C=O) groups excluding carboxylic acids is 2. The molecule has 0 unspecified atom stereocenters. The number of ether oxygens (including phenoxy) is 2. The standard InChI is InChI=1S/C19H18N2O4/c1-11-17(13-6-4-5-7-14(13)20-11)18(22)19(23)21-15-9-8-12(24-2)10-16(15)25-3/h4-10,20H,1-3H3,(H,21,23). The summed E-state index contributed by atoms with van der Waals surface area (Å²) in [6.07, 6.45) is 0. The lowest BCUT2D eigenvalue weighted by Gasteiger charge is -2.11. The Morgan fingerprint density at radius 2 is 1.80 bits per heavy atom. The van der Waals surface area contributed by atoms with Gasteiger partial charge in [-0.15, -0.1) is 0 Å². The minimum absolute atomic E-state index is 0.376. The van der Waals surface area contributed by atoms with Gasteiger partial charge in [0.15, 0.2) is 0 Å². The van der Waals surface area contributed by atoms with E-state index in [-0.39, 0.29) is 0 Å².